The Morgan fingerprint density at radius 2 is 1.96 bits per heavy atom. The molecule has 0 saturated heterocycles. The zero-order chi connectivity index (χ0) is 17.5. The molecule has 0 aliphatic rings. The summed E-state index contributed by atoms with van der Waals surface area (Å²) in [7, 11) is 0. The van der Waals surface area contributed by atoms with Crippen LogP contribution in [0.5, 0.6) is 0 Å². The van der Waals surface area contributed by atoms with Gasteiger partial charge in [-0.2, -0.15) is 0 Å². The van der Waals surface area contributed by atoms with Crippen molar-refractivity contribution in [1.82, 2.24) is 15.3 Å². The summed E-state index contributed by atoms with van der Waals surface area (Å²) in [5, 5.41) is 6.13. The van der Waals surface area contributed by atoms with Crippen molar-refractivity contribution in [2.24, 2.45) is 0 Å². The van der Waals surface area contributed by atoms with Gasteiger partial charge in [0.1, 0.15) is 0 Å². The molecule has 1 N–H and O–H groups in total. The van der Waals surface area contributed by atoms with Crippen molar-refractivity contribution in [1.29, 1.82) is 0 Å². The molecule has 3 rings (SSSR count). The highest BCUT2D eigenvalue weighted by Crippen LogP contribution is 2.21. The van der Waals surface area contributed by atoms with Crippen LogP contribution in [0, 0.1) is 6.92 Å². The molecule has 2 aromatic heterocycles. The van der Waals surface area contributed by atoms with Gasteiger partial charge >= 0.3 is 0 Å². The molecule has 1 aromatic carbocycles. The van der Waals surface area contributed by atoms with Crippen LogP contribution in [-0.2, 0) is 17.6 Å². The van der Waals surface area contributed by atoms with Crippen LogP contribution in [0.2, 0.25) is 0 Å². The van der Waals surface area contributed by atoms with E-state index in [1.54, 1.807) is 23.7 Å². The second-order valence-electron chi connectivity index (χ2n) is 5.91. The number of carbonyl (C=O) groups excluding carboxylic acids is 1. The van der Waals surface area contributed by atoms with Gasteiger partial charge in [0.25, 0.3) is 0 Å². The first-order valence-corrected chi connectivity index (χ1v) is 9.26. The highest BCUT2D eigenvalue weighted by Gasteiger charge is 2.04. The van der Waals surface area contributed by atoms with Crippen molar-refractivity contribution >= 4 is 17.2 Å². The Hall–Kier alpha value is -2.53. The average molecular weight is 351 g/mol. The van der Waals surface area contributed by atoms with Gasteiger partial charge in [0, 0.05) is 36.3 Å². The molecule has 0 radical (unpaired) electrons. The predicted octanol–water partition coefficient (Wildman–Crippen LogP) is 3.81. The normalized spacial score (nSPS) is 10.6. The maximum atomic E-state index is 11.9. The number of hydrogen-bond donors (Lipinski definition) is 1. The zero-order valence-corrected chi connectivity index (χ0v) is 15.1. The summed E-state index contributed by atoms with van der Waals surface area (Å²) < 4.78 is 0. The van der Waals surface area contributed by atoms with Gasteiger partial charge in [-0.3, -0.25) is 9.78 Å². The monoisotopic (exact) mass is 351 g/mol. The van der Waals surface area contributed by atoms with Crippen molar-refractivity contribution in [2.75, 3.05) is 6.54 Å². The number of thiazole rings is 1. The molecule has 3 aromatic rings. The number of hydrogen-bond acceptors (Lipinski definition) is 4. The number of carbonyl (C=O) groups is 1. The van der Waals surface area contributed by atoms with Gasteiger partial charge in [-0.05, 0) is 37.0 Å². The number of amides is 1. The molecule has 0 saturated carbocycles. The van der Waals surface area contributed by atoms with Gasteiger partial charge in [-0.1, -0.05) is 30.3 Å². The third-order valence-corrected chi connectivity index (χ3v) is 4.74. The summed E-state index contributed by atoms with van der Waals surface area (Å²) in [5.74, 6) is 0.0819. The van der Waals surface area contributed by atoms with Gasteiger partial charge in [0.05, 0.1) is 10.7 Å². The van der Waals surface area contributed by atoms with Crippen LogP contribution in [-0.4, -0.2) is 22.4 Å². The fourth-order valence-corrected chi connectivity index (χ4v) is 3.20. The van der Waals surface area contributed by atoms with Crippen LogP contribution >= 0.6 is 11.3 Å². The lowest BCUT2D eigenvalue weighted by Gasteiger charge is -2.06. The lowest BCUT2D eigenvalue weighted by Crippen LogP contribution is -2.25. The fraction of sp³-hybridized carbons (Fsp3) is 0.250. The van der Waals surface area contributed by atoms with E-state index in [1.165, 1.54) is 5.56 Å². The largest absolute Gasteiger partial charge is 0.356 e. The molecule has 0 aliphatic heterocycles. The summed E-state index contributed by atoms with van der Waals surface area (Å²) in [4.78, 5) is 20.5. The van der Waals surface area contributed by atoms with Crippen molar-refractivity contribution in [3.05, 3.63) is 70.3 Å². The Labute approximate surface area is 152 Å². The number of benzene rings is 1. The van der Waals surface area contributed by atoms with Gasteiger partial charge < -0.3 is 5.32 Å². The molecule has 0 bridgehead atoms. The van der Waals surface area contributed by atoms with Gasteiger partial charge in [-0.15, -0.1) is 11.3 Å². The number of aryl methyl sites for hydroxylation is 2. The first kappa shape index (κ1) is 17.3. The van der Waals surface area contributed by atoms with E-state index in [0.29, 0.717) is 13.0 Å². The molecule has 0 unspecified atom stereocenters. The smallest absolute Gasteiger partial charge is 0.220 e. The summed E-state index contributed by atoms with van der Waals surface area (Å²) in [5.41, 5.74) is 4.46. The van der Waals surface area contributed by atoms with E-state index in [-0.39, 0.29) is 5.91 Å². The summed E-state index contributed by atoms with van der Waals surface area (Å²) >= 11 is 1.66. The second-order valence-corrected chi connectivity index (χ2v) is 6.97. The lowest BCUT2D eigenvalue weighted by atomic mass is 10.1. The van der Waals surface area contributed by atoms with E-state index in [1.807, 2.05) is 19.1 Å². The molecule has 5 heteroatoms. The Morgan fingerprint density at radius 3 is 2.64 bits per heavy atom. The number of aromatic nitrogens is 2. The molecular weight excluding hydrogens is 330 g/mol. The van der Waals surface area contributed by atoms with E-state index in [0.717, 1.165) is 34.7 Å². The summed E-state index contributed by atoms with van der Waals surface area (Å²) in [6, 6.07) is 12.3. The highest BCUT2D eigenvalue weighted by atomic mass is 32.1. The van der Waals surface area contributed by atoms with Crippen molar-refractivity contribution in [2.45, 2.75) is 26.2 Å². The first-order valence-electron chi connectivity index (χ1n) is 8.38. The van der Waals surface area contributed by atoms with E-state index in [2.05, 4.69) is 44.9 Å². The van der Waals surface area contributed by atoms with E-state index < -0.39 is 0 Å². The van der Waals surface area contributed by atoms with Crippen LogP contribution in [0.1, 0.15) is 22.6 Å². The minimum absolute atomic E-state index is 0.0819. The Morgan fingerprint density at radius 1 is 1.12 bits per heavy atom. The highest BCUT2D eigenvalue weighted by molar-refractivity contribution is 7.09. The molecule has 128 valence electrons. The standard InChI is InChI=1S/C20H21N3OS/c1-15-23-19(14-25-15)18-7-4-16(5-8-18)10-12-22-20(24)9-6-17-3-2-11-21-13-17/h2-5,7-8,11,13-14H,6,9-10,12H2,1H3,(H,22,24). The van der Waals surface area contributed by atoms with Crippen LogP contribution in [0.15, 0.2) is 54.2 Å². The first-order chi connectivity index (χ1) is 12.2. The quantitative estimate of drug-likeness (QED) is 0.704. The fourth-order valence-electron chi connectivity index (χ4n) is 2.58. The number of pyridine rings is 1. The molecule has 4 nitrogen and oxygen atoms in total. The molecule has 0 aliphatic carbocycles. The van der Waals surface area contributed by atoms with Crippen molar-refractivity contribution in [3.63, 3.8) is 0 Å². The van der Waals surface area contributed by atoms with Gasteiger partial charge in [0.2, 0.25) is 5.91 Å². The van der Waals surface area contributed by atoms with Gasteiger partial charge in [-0.25, -0.2) is 4.98 Å². The summed E-state index contributed by atoms with van der Waals surface area (Å²) in [6.07, 6.45) is 5.59. The Kier molecular flexibility index (Phi) is 5.90. The third kappa shape index (κ3) is 5.22. The molecule has 1 amide bonds. The maximum Gasteiger partial charge on any atom is 0.220 e. The minimum atomic E-state index is 0.0819. The van der Waals surface area contributed by atoms with Crippen LogP contribution in [0.4, 0.5) is 0 Å². The third-order valence-electron chi connectivity index (χ3n) is 3.97. The molecule has 25 heavy (non-hydrogen) atoms. The second kappa shape index (κ2) is 8.53. The Balaban J connectivity index is 1.42. The average Bonchev–Trinajstić information content (AvgIpc) is 3.08. The molecule has 2 heterocycles. The SMILES string of the molecule is Cc1nc(-c2ccc(CCNC(=O)CCc3cccnc3)cc2)cs1. The topological polar surface area (TPSA) is 54.9 Å². The number of nitrogens with one attached hydrogen (secondary N) is 1. The van der Waals surface area contributed by atoms with Crippen LogP contribution in [0.3, 0.4) is 0 Å². The molecule has 0 fully saturated rings. The van der Waals surface area contributed by atoms with Crippen molar-refractivity contribution in [3.8, 4) is 11.3 Å². The number of nitrogens with zero attached hydrogens (tertiary/aromatic N) is 2. The molecule has 0 atom stereocenters. The van der Waals surface area contributed by atoms with Gasteiger partial charge in [0.15, 0.2) is 0 Å². The minimum Gasteiger partial charge on any atom is -0.356 e. The Bertz CT molecular complexity index is 812. The van der Waals surface area contributed by atoms with E-state index in [9.17, 15) is 4.79 Å². The maximum absolute atomic E-state index is 11.9. The zero-order valence-electron chi connectivity index (χ0n) is 14.2. The summed E-state index contributed by atoms with van der Waals surface area (Å²) in [6.45, 7) is 2.67. The number of rotatable bonds is 7. The van der Waals surface area contributed by atoms with Crippen LogP contribution < -0.4 is 5.32 Å². The van der Waals surface area contributed by atoms with Crippen LogP contribution in [0.25, 0.3) is 11.3 Å². The molecular formula is C20H21N3OS. The predicted molar refractivity (Wildman–Crippen MR) is 102 cm³/mol. The van der Waals surface area contributed by atoms with Crippen molar-refractivity contribution < 1.29 is 4.79 Å². The lowest BCUT2D eigenvalue weighted by molar-refractivity contribution is -0.121. The van der Waals surface area contributed by atoms with E-state index >= 15 is 0 Å². The molecule has 0 spiro atoms. The van der Waals surface area contributed by atoms with E-state index in [4.69, 9.17) is 0 Å².